The number of halogens is 1. The second kappa shape index (κ2) is 7.17. The van der Waals surface area contributed by atoms with Gasteiger partial charge in [-0.3, -0.25) is 4.79 Å². The van der Waals surface area contributed by atoms with Gasteiger partial charge in [0.05, 0.1) is 9.26 Å². The number of rotatable bonds is 5. The fourth-order valence-electron chi connectivity index (χ4n) is 2.20. The molecule has 2 rings (SSSR count). The summed E-state index contributed by atoms with van der Waals surface area (Å²) < 4.78 is 6.20. The first-order valence-electron chi connectivity index (χ1n) is 6.89. The lowest BCUT2D eigenvalue weighted by atomic mass is 10.1. The smallest absolute Gasteiger partial charge is 0.264 e. The van der Waals surface area contributed by atoms with Crippen molar-refractivity contribution in [2.45, 2.75) is 26.4 Å². The number of nitrogens with one attached hydrogen (secondary N) is 1. The van der Waals surface area contributed by atoms with Crippen LogP contribution in [0.2, 0.25) is 0 Å². The number of ether oxygens (including phenoxy) is 1. The van der Waals surface area contributed by atoms with Crippen molar-refractivity contribution in [3.8, 4) is 0 Å². The van der Waals surface area contributed by atoms with Crippen molar-refractivity contribution in [1.82, 2.24) is 9.97 Å². The SMILES string of the molecule is COC(c1ccccc1)c1nc(CC(C)C)c(I)c(=O)[nH]1. The number of hydrogen-bond acceptors (Lipinski definition) is 3. The van der Waals surface area contributed by atoms with Crippen molar-refractivity contribution < 1.29 is 4.74 Å². The lowest BCUT2D eigenvalue weighted by Gasteiger charge is -2.16. The van der Waals surface area contributed by atoms with E-state index in [1.165, 1.54) is 0 Å². The summed E-state index contributed by atoms with van der Waals surface area (Å²) in [6.07, 6.45) is 0.419. The average molecular weight is 398 g/mol. The summed E-state index contributed by atoms with van der Waals surface area (Å²) >= 11 is 2.06. The van der Waals surface area contributed by atoms with Crippen molar-refractivity contribution >= 4 is 22.6 Å². The van der Waals surface area contributed by atoms with Crippen LogP contribution in [0, 0.1) is 9.49 Å². The summed E-state index contributed by atoms with van der Waals surface area (Å²) in [5, 5.41) is 0. The molecule has 0 radical (unpaired) electrons. The summed E-state index contributed by atoms with van der Waals surface area (Å²) in [6, 6.07) is 9.77. The predicted molar refractivity (Wildman–Crippen MR) is 91.4 cm³/mol. The van der Waals surface area contributed by atoms with Crippen LogP contribution in [0.25, 0.3) is 0 Å². The van der Waals surface area contributed by atoms with Crippen LogP contribution >= 0.6 is 22.6 Å². The number of methoxy groups -OCH3 is 1. The molecule has 5 heteroatoms. The molecule has 1 unspecified atom stereocenters. The molecule has 1 aromatic heterocycles. The van der Waals surface area contributed by atoms with Gasteiger partial charge in [0.1, 0.15) is 11.9 Å². The molecule has 0 saturated heterocycles. The maximum atomic E-state index is 12.1. The highest BCUT2D eigenvalue weighted by atomic mass is 127. The number of aromatic amines is 1. The highest BCUT2D eigenvalue weighted by molar-refractivity contribution is 14.1. The predicted octanol–water partition coefficient (Wildman–Crippen LogP) is 3.31. The Kier molecular flexibility index (Phi) is 5.52. The molecule has 0 bridgehead atoms. The first kappa shape index (κ1) is 16.2. The van der Waals surface area contributed by atoms with E-state index in [0.29, 0.717) is 15.3 Å². The Labute approximate surface area is 138 Å². The molecule has 0 fully saturated rings. The number of benzene rings is 1. The van der Waals surface area contributed by atoms with E-state index < -0.39 is 0 Å². The summed E-state index contributed by atoms with van der Waals surface area (Å²) in [5.74, 6) is 1.00. The molecular formula is C16H19IN2O2. The molecule has 1 heterocycles. The van der Waals surface area contributed by atoms with E-state index in [0.717, 1.165) is 17.7 Å². The number of nitrogens with zero attached hydrogens (tertiary/aromatic N) is 1. The van der Waals surface area contributed by atoms with Crippen LogP contribution in [-0.4, -0.2) is 17.1 Å². The zero-order valence-electron chi connectivity index (χ0n) is 12.4. The highest BCUT2D eigenvalue weighted by Crippen LogP contribution is 2.22. The number of hydrogen-bond donors (Lipinski definition) is 1. The van der Waals surface area contributed by atoms with E-state index in [2.05, 4.69) is 46.4 Å². The Morgan fingerprint density at radius 3 is 2.52 bits per heavy atom. The third kappa shape index (κ3) is 3.91. The normalized spacial score (nSPS) is 12.6. The van der Waals surface area contributed by atoms with Gasteiger partial charge in [0.15, 0.2) is 0 Å². The van der Waals surface area contributed by atoms with E-state index in [1.54, 1.807) is 7.11 Å². The zero-order valence-corrected chi connectivity index (χ0v) is 14.5. The summed E-state index contributed by atoms with van der Waals surface area (Å²) in [4.78, 5) is 19.6. The third-order valence-corrected chi connectivity index (χ3v) is 4.25. The minimum atomic E-state index is -0.359. The molecule has 0 aliphatic heterocycles. The number of H-pyrrole nitrogens is 1. The van der Waals surface area contributed by atoms with Crippen molar-refractivity contribution in [3.05, 3.63) is 61.3 Å². The Balaban J connectivity index is 2.47. The van der Waals surface area contributed by atoms with E-state index in [-0.39, 0.29) is 11.7 Å². The second-order valence-corrected chi connectivity index (χ2v) is 6.41. The van der Waals surface area contributed by atoms with Crippen molar-refractivity contribution in [1.29, 1.82) is 0 Å². The van der Waals surface area contributed by atoms with Gasteiger partial charge < -0.3 is 9.72 Å². The van der Waals surface area contributed by atoms with E-state index in [4.69, 9.17) is 4.74 Å². The van der Waals surface area contributed by atoms with Crippen molar-refractivity contribution in [3.63, 3.8) is 0 Å². The van der Waals surface area contributed by atoms with Crippen molar-refractivity contribution in [2.75, 3.05) is 7.11 Å². The number of aromatic nitrogens is 2. The van der Waals surface area contributed by atoms with Gasteiger partial charge in [0, 0.05) is 7.11 Å². The quantitative estimate of drug-likeness (QED) is 0.787. The summed E-state index contributed by atoms with van der Waals surface area (Å²) in [6.45, 7) is 4.23. The van der Waals surface area contributed by atoms with Crippen LogP contribution in [0.1, 0.15) is 37.0 Å². The van der Waals surface area contributed by atoms with Crippen molar-refractivity contribution in [2.24, 2.45) is 5.92 Å². The van der Waals surface area contributed by atoms with Gasteiger partial charge >= 0.3 is 0 Å². The molecule has 0 aliphatic rings. The van der Waals surface area contributed by atoms with Crippen LogP contribution in [0.4, 0.5) is 0 Å². The first-order chi connectivity index (χ1) is 10.0. The molecule has 0 amide bonds. The molecule has 21 heavy (non-hydrogen) atoms. The molecule has 2 aromatic rings. The first-order valence-corrected chi connectivity index (χ1v) is 7.97. The monoisotopic (exact) mass is 398 g/mol. The highest BCUT2D eigenvalue weighted by Gasteiger charge is 2.19. The minimum absolute atomic E-state index is 0.103. The van der Waals surface area contributed by atoms with Gasteiger partial charge in [-0.2, -0.15) is 0 Å². The van der Waals surface area contributed by atoms with E-state index in [1.807, 2.05) is 30.3 Å². The maximum absolute atomic E-state index is 12.1. The minimum Gasteiger partial charge on any atom is -0.369 e. The Morgan fingerprint density at radius 2 is 1.95 bits per heavy atom. The van der Waals surface area contributed by atoms with Gasteiger partial charge in [-0.15, -0.1) is 0 Å². The van der Waals surface area contributed by atoms with Gasteiger partial charge in [-0.05, 0) is 40.5 Å². The topological polar surface area (TPSA) is 55.0 Å². The molecule has 0 spiro atoms. The van der Waals surface area contributed by atoms with Crippen LogP contribution in [0.5, 0.6) is 0 Å². The third-order valence-electron chi connectivity index (χ3n) is 3.14. The molecule has 1 aromatic carbocycles. The molecular weight excluding hydrogens is 379 g/mol. The molecule has 4 nitrogen and oxygen atoms in total. The zero-order chi connectivity index (χ0) is 15.4. The molecule has 0 aliphatic carbocycles. The largest absolute Gasteiger partial charge is 0.369 e. The maximum Gasteiger partial charge on any atom is 0.264 e. The summed E-state index contributed by atoms with van der Waals surface area (Å²) in [7, 11) is 1.62. The van der Waals surface area contributed by atoms with E-state index in [9.17, 15) is 4.79 Å². The molecule has 1 atom stereocenters. The van der Waals surface area contributed by atoms with Gasteiger partial charge in [0.25, 0.3) is 5.56 Å². The Bertz CT molecular complexity index is 653. The van der Waals surface area contributed by atoms with Crippen LogP contribution < -0.4 is 5.56 Å². The van der Waals surface area contributed by atoms with E-state index >= 15 is 0 Å². The van der Waals surface area contributed by atoms with Gasteiger partial charge in [0.2, 0.25) is 0 Å². The van der Waals surface area contributed by atoms with Crippen LogP contribution in [0.3, 0.4) is 0 Å². The standard InChI is InChI=1S/C16H19IN2O2/c1-10(2)9-12-13(17)16(20)19-15(18-12)14(21-3)11-7-5-4-6-8-11/h4-8,10,14H,9H2,1-3H3,(H,18,19,20). The van der Waals surface area contributed by atoms with Gasteiger partial charge in [-0.25, -0.2) is 4.98 Å². The molecule has 0 saturated carbocycles. The van der Waals surface area contributed by atoms with Crippen LogP contribution in [0.15, 0.2) is 35.1 Å². The summed E-state index contributed by atoms with van der Waals surface area (Å²) in [5.41, 5.74) is 1.71. The molecule has 112 valence electrons. The average Bonchev–Trinajstić information content (AvgIpc) is 2.45. The lowest BCUT2D eigenvalue weighted by molar-refractivity contribution is 0.128. The fourth-order valence-corrected chi connectivity index (χ4v) is 2.68. The lowest BCUT2D eigenvalue weighted by Crippen LogP contribution is -2.22. The Morgan fingerprint density at radius 1 is 1.29 bits per heavy atom. The Hall–Kier alpha value is -1.21. The molecule has 1 N–H and O–H groups in total. The van der Waals surface area contributed by atoms with Gasteiger partial charge in [-0.1, -0.05) is 44.2 Å². The van der Waals surface area contributed by atoms with Crippen LogP contribution in [-0.2, 0) is 11.2 Å². The second-order valence-electron chi connectivity index (χ2n) is 5.34. The fraction of sp³-hybridized carbons (Fsp3) is 0.375.